The van der Waals surface area contributed by atoms with Gasteiger partial charge >= 0.3 is 0 Å². The van der Waals surface area contributed by atoms with E-state index in [4.69, 9.17) is 0 Å². The van der Waals surface area contributed by atoms with E-state index in [1.807, 2.05) is 0 Å². The first-order valence-corrected chi connectivity index (χ1v) is 7.01. The molecule has 3 rings (SSSR count). The third-order valence-electron chi connectivity index (χ3n) is 3.87. The van der Waals surface area contributed by atoms with Crippen molar-refractivity contribution in [2.24, 2.45) is 0 Å². The number of benzene rings is 2. The van der Waals surface area contributed by atoms with Crippen molar-refractivity contribution in [3.8, 4) is 0 Å². The first-order chi connectivity index (χ1) is 9.27. The zero-order valence-corrected chi connectivity index (χ0v) is 11.9. The molecule has 0 spiro atoms. The number of aryl methyl sites for hydroxylation is 1. The van der Waals surface area contributed by atoms with Crippen LogP contribution < -0.4 is 9.80 Å². The molecule has 1 aliphatic heterocycles. The molecule has 19 heavy (non-hydrogen) atoms. The number of hydrogen-bond acceptors (Lipinski definition) is 2. The second kappa shape index (κ2) is 4.61. The highest BCUT2D eigenvalue weighted by Gasteiger charge is 2.27. The number of nitrogens with zero attached hydrogens (tertiary/aromatic N) is 2. The summed E-state index contributed by atoms with van der Waals surface area (Å²) in [6, 6.07) is 15.3. The van der Waals surface area contributed by atoms with E-state index in [-0.39, 0.29) is 0 Å². The highest BCUT2D eigenvalue weighted by Crippen LogP contribution is 2.48. The maximum atomic E-state index is 2.42. The summed E-state index contributed by atoms with van der Waals surface area (Å²) in [7, 11) is 0. The van der Waals surface area contributed by atoms with Crippen LogP contribution >= 0.6 is 0 Å². The van der Waals surface area contributed by atoms with Crippen LogP contribution in [0.4, 0.5) is 22.7 Å². The standard InChI is InChI=1S/C17H20N2/c1-4-18-14-10-6-7-11-15(14)19(5-2)17-13(3)9-8-12-16(17)18/h6-12H,4-5H2,1-3H3. The summed E-state index contributed by atoms with van der Waals surface area (Å²) in [5, 5.41) is 0. The van der Waals surface area contributed by atoms with Crippen molar-refractivity contribution in [2.75, 3.05) is 22.9 Å². The van der Waals surface area contributed by atoms with Crippen LogP contribution in [0.1, 0.15) is 19.4 Å². The van der Waals surface area contributed by atoms with Crippen LogP contribution in [-0.4, -0.2) is 13.1 Å². The predicted octanol–water partition coefficient (Wildman–Crippen LogP) is 4.62. The van der Waals surface area contributed by atoms with Crippen molar-refractivity contribution in [3.05, 3.63) is 48.0 Å². The summed E-state index contributed by atoms with van der Waals surface area (Å²) in [6.45, 7) is 8.61. The van der Waals surface area contributed by atoms with E-state index in [1.54, 1.807) is 0 Å². The van der Waals surface area contributed by atoms with Crippen molar-refractivity contribution in [2.45, 2.75) is 20.8 Å². The molecule has 2 aromatic rings. The van der Waals surface area contributed by atoms with Crippen LogP contribution in [0.15, 0.2) is 42.5 Å². The van der Waals surface area contributed by atoms with Gasteiger partial charge in [0.2, 0.25) is 0 Å². The van der Waals surface area contributed by atoms with E-state index in [0.717, 1.165) is 13.1 Å². The van der Waals surface area contributed by atoms with Crippen molar-refractivity contribution >= 4 is 22.7 Å². The van der Waals surface area contributed by atoms with E-state index in [1.165, 1.54) is 28.3 Å². The maximum absolute atomic E-state index is 2.42. The van der Waals surface area contributed by atoms with Gasteiger partial charge in [0, 0.05) is 13.1 Å². The van der Waals surface area contributed by atoms with Gasteiger partial charge < -0.3 is 9.80 Å². The lowest BCUT2D eigenvalue weighted by Gasteiger charge is -2.40. The lowest BCUT2D eigenvalue weighted by atomic mass is 10.0. The molecule has 2 aromatic carbocycles. The Balaban J connectivity index is 2.29. The molecule has 0 atom stereocenters. The van der Waals surface area contributed by atoms with Crippen LogP contribution in [0.2, 0.25) is 0 Å². The molecule has 2 nitrogen and oxygen atoms in total. The summed E-state index contributed by atoms with van der Waals surface area (Å²) in [5.41, 5.74) is 6.64. The highest BCUT2D eigenvalue weighted by molar-refractivity contribution is 5.94. The Labute approximate surface area is 115 Å². The minimum Gasteiger partial charge on any atom is -0.338 e. The van der Waals surface area contributed by atoms with Gasteiger partial charge in [-0.15, -0.1) is 0 Å². The zero-order valence-electron chi connectivity index (χ0n) is 11.9. The Morgan fingerprint density at radius 3 is 1.95 bits per heavy atom. The summed E-state index contributed by atoms with van der Waals surface area (Å²) < 4.78 is 0. The summed E-state index contributed by atoms with van der Waals surface area (Å²) in [4.78, 5) is 4.83. The number of fused-ring (bicyclic) bond motifs is 2. The van der Waals surface area contributed by atoms with E-state index in [2.05, 4.69) is 73.0 Å². The molecular weight excluding hydrogens is 232 g/mol. The Morgan fingerprint density at radius 2 is 1.32 bits per heavy atom. The molecule has 0 amide bonds. The largest absolute Gasteiger partial charge is 0.338 e. The number of hydrogen-bond donors (Lipinski definition) is 0. The summed E-state index contributed by atoms with van der Waals surface area (Å²) in [6.07, 6.45) is 0. The molecule has 98 valence electrons. The van der Waals surface area contributed by atoms with E-state index in [9.17, 15) is 0 Å². The molecule has 1 aliphatic rings. The van der Waals surface area contributed by atoms with Gasteiger partial charge in [0.1, 0.15) is 0 Å². The highest BCUT2D eigenvalue weighted by atomic mass is 15.3. The Bertz CT molecular complexity index is 604. The molecule has 0 fully saturated rings. The fourth-order valence-electron chi connectivity index (χ4n) is 3.05. The molecule has 0 aromatic heterocycles. The molecule has 0 N–H and O–H groups in total. The summed E-state index contributed by atoms with van der Waals surface area (Å²) in [5.74, 6) is 0. The van der Waals surface area contributed by atoms with E-state index < -0.39 is 0 Å². The first kappa shape index (κ1) is 12.1. The normalized spacial score (nSPS) is 13.2. The van der Waals surface area contributed by atoms with Crippen molar-refractivity contribution in [1.29, 1.82) is 0 Å². The SMILES string of the molecule is CCN1c2ccccc2N(CC)c2c(C)cccc21. The Kier molecular flexibility index (Phi) is 2.94. The third kappa shape index (κ3) is 1.71. The Hall–Kier alpha value is -1.96. The molecule has 1 heterocycles. The molecule has 0 saturated carbocycles. The number of anilines is 4. The monoisotopic (exact) mass is 252 g/mol. The average Bonchev–Trinajstić information content (AvgIpc) is 2.45. The molecule has 0 aliphatic carbocycles. The molecule has 0 radical (unpaired) electrons. The molecule has 2 heteroatoms. The van der Waals surface area contributed by atoms with E-state index in [0.29, 0.717) is 0 Å². The zero-order chi connectivity index (χ0) is 13.4. The molecule has 0 bridgehead atoms. The minimum absolute atomic E-state index is 0.991. The number of para-hydroxylation sites is 3. The summed E-state index contributed by atoms with van der Waals surface area (Å²) >= 11 is 0. The van der Waals surface area contributed by atoms with Gasteiger partial charge in [0.05, 0.1) is 22.7 Å². The average molecular weight is 252 g/mol. The van der Waals surface area contributed by atoms with Crippen LogP contribution in [0.25, 0.3) is 0 Å². The fourth-order valence-corrected chi connectivity index (χ4v) is 3.05. The van der Waals surface area contributed by atoms with Crippen LogP contribution in [-0.2, 0) is 0 Å². The van der Waals surface area contributed by atoms with Gasteiger partial charge in [-0.3, -0.25) is 0 Å². The quantitative estimate of drug-likeness (QED) is 0.769. The van der Waals surface area contributed by atoms with Gasteiger partial charge in [-0.05, 0) is 44.5 Å². The topological polar surface area (TPSA) is 6.48 Å². The van der Waals surface area contributed by atoms with Crippen LogP contribution in [0.5, 0.6) is 0 Å². The van der Waals surface area contributed by atoms with Gasteiger partial charge in [-0.25, -0.2) is 0 Å². The second-order valence-corrected chi connectivity index (χ2v) is 4.92. The lowest BCUT2D eigenvalue weighted by Crippen LogP contribution is -2.29. The Morgan fingerprint density at radius 1 is 0.737 bits per heavy atom. The first-order valence-electron chi connectivity index (χ1n) is 7.01. The van der Waals surface area contributed by atoms with Gasteiger partial charge in [0.25, 0.3) is 0 Å². The molecular formula is C17H20N2. The maximum Gasteiger partial charge on any atom is 0.0682 e. The number of rotatable bonds is 2. The third-order valence-corrected chi connectivity index (χ3v) is 3.87. The fraction of sp³-hybridized carbons (Fsp3) is 0.294. The van der Waals surface area contributed by atoms with Gasteiger partial charge in [-0.1, -0.05) is 24.3 Å². The molecule has 0 saturated heterocycles. The minimum atomic E-state index is 0.991. The predicted molar refractivity (Wildman–Crippen MR) is 83.0 cm³/mol. The van der Waals surface area contributed by atoms with Crippen LogP contribution in [0, 0.1) is 6.92 Å². The molecule has 0 unspecified atom stereocenters. The van der Waals surface area contributed by atoms with Crippen molar-refractivity contribution in [1.82, 2.24) is 0 Å². The van der Waals surface area contributed by atoms with Gasteiger partial charge in [0.15, 0.2) is 0 Å². The van der Waals surface area contributed by atoms with Crippen molar-refractivity contribution in [3.63, 3.8) is 0 Å². The van der Waals surface area contributed by atoms with E-state index >= 15 is 0 Å². The van der Waals surface area contributed by atoms with Crippen molar-refractivity contribution < 1.29 is 0 Å². The van der Waals surface area contributed by atoms with Gasteiger partial charge in [-0.2, -0.15) is 0 Å². The van der Waals surface area contributed by atoms with Crippen LogP contribution in [0.3, 0.4) is 0 Å². The lowest BCUT2D eigenvalue weighted by molar-refractivity contribution is 0.941. The second-order valence-electron chi connectivity index (χ2n) is 4.92. The smallest absolute Gasteiger partial charge is 0.0682 e.